The van der Waals surface area contributed by atoms with Crippen LogP contribution in [0, 0.1) is 6.92 Å². The number of esters is 1. The second-order valence-electron chi connectivity index (χ2n) is 4.19. The van der Waals surface area contributed by atoms with E-state index in [4.69, 9.17) is 4.74 Å². The van der Waals surface area contributed by atoms with Crippen molar-refractivity contribution in [3.8, 4) is 0 Å². The Kier molecular flexibility index (Phi) is 3.18. The van der Waals surface area contributed by atoms with Gasteiger partial charge >= 0.3 is 5.97 Å². The first-order chi connectivity index (χ1) is 8.19. The number of carbonyl (C=O) groups excluding carboxylic acids is 1. The number of rotatable bonds is 3. The molecule has 3 nitrogen and oxygen atoms in total. The largest absolute Gasteiger partial charge is 0.469 e. The summed E-state index contributed by atoms with van der Waals surface area (Å²) in [5.41, 5.74) is 3.18. The Morgan fingerprint density at radius 2 is 2.12 bits per heavy atom. The van der Waals surface area contributed by atoms with Crippen molar-refractivity contribution in [3.05, 3.63) is 35.5 Å². The molecule has 0 aliphatic rings. The van der Waals surface area contributed by atoms with E-state index in [9.17, 15) is 4.79 Å². The molecule has 0 aliphatic carbocycles. The van der Waals surface area contributed by atoms with E-state index in [0.29, 0.717) is 0 Å². The van der Waals surface area contributed by atoms with Gasteiger partial charge in [-0.2, -0.15) is 0 Å². The molecule has 1 aromatic heterocycles. The lowest BCUT2D eigenvalue weighted by atomic mass is 9.94. The zero-order chi connectivity index (χ0) is 12.4. The zero-order valence-electron chi connectivity index (χ0n) is 10.4. The van der Waals surface area contributed by atoms with Gasteiger partial charge in [0.15, 0.2) is 0 Å². The molecule has 0 fully saturated rings. The van der Waals surface area contributed by atoms with Gasteiger partial charge in [0.05, 0.1) is 13.0 Å². The number of benzene rings is 1. The fourth-order valence-electron chi connectivity index (χ4n) is 2.38. The Hall–Kier alpha value is -1.77. The number of H-pyrrole nitrogens is 1. The van der Waals surface area contributed by atoms with E-state index >= 15 is 0 Å². The third kappa shape index (κ3) is 1.93. The van der Waals surface area contributed by atoms with Crippen LogP contribution in [0.2, 0.25) is 0 Å². The highest BCUT2D eigenvalue weighted by molar-refractivity contribution is 5.91. The summed E-state index contributed by atoms with van der Waals surface area (Å²) in [6.45, 7) is 4.00. The molecule has 17 heavy (non-hydrogen) atoms. The van der Waals surface area contributed by atoms with Crippen LogP contribution < -0.4 is 0 Å². The van der Waals surface area contributed by atoms with Gasteiger partial charge in [-0.05, 0) is 25.0 Å². The third-order valence-corrected chi connectivity index (χ3v) is 3.19. The normalized spacial score (nSPS) is 12.6. The van der Waals surface area contributed by atoms with E-state index in [1.807, 2.05) is 38.1 Å². The number of aryl methyl sites for hydroxylation is 1. The van der Waals surface area contributed by atoms with Gasteiger partial charge in [0.2, 0.25) is 0 Å². The minimum atomic E-state index is -0.184. The minimum Gasteiger partial charge on any atom is -0.469 e. The number of hydrogen-bond donors (Lipinski definition) is 1. The molecule has 2 aromatic rings. The molecular weight excluding hydrogens is 214 g/mol. The van der Waals surface area contributed by atoms with Crippen LogP contribution in [0.4, 0.5) is 0 Å². The van der Waals surface area contributed by atoms with Gasteiger partial charge in [-0.25, -0.2) is 0 Å². The van der Waals surface area contributed by atoms with Crippen LogP contribution >= 0.6 is 0 Å². The van der Waals surface area contributed by atoms with Crippen molar-refractivity contribution in [3.63, 3.8) is 0 Å². The maximum atomic E-state index is 11.8. The molecule has 0 saturated carbocycles. The molecule has 2 rings (SSSR count). The first-order valence-electron chi connectivity index (χ1n) is 5.84. The molecule has 3 heteroatoms. The quantitative estimate of drug-likeness (QED) is 0.824. The highest BCUT2D eigenvalue weighted by Gasteiger charge is 2.24. The zero-order valence-corrected chi connectivity index (χ0v) is 10.4. The number of methoxy groups -OCH3 is 1. The van der Waals surface area contributed by atoms with Crippen LogP contribution in [0.3, 0.4) is 0 Å². The fraction of sp³-hybridized carbons (Fsp3) is 0.357. The molecule has 1 aromatic carbocycles. The maximum Gasteiger partial charge on any atom is 0.313 e. The Morgan fingerprint density at radius 1 is 1.41 bits per heavy atom. The van der Waals surface area contributed by atoms with E-state index in [-0.39, 0.29) is 11.9 Å². The van der Waals surface area contributed by atoms with Gasteiger partial charge in [-0.15, -0.1) is 0 Å². The molecule has 90 valence electrons. The SMILES string of the molecule is CCC(C(=O)OC)c1c(C)[nH]c2ccccc12. The number of fused-ring (bicyclic) bond motifs is 1. The Labute approximate surface area is 101 Å². The van der Waals surface area contributed by atoms with Crippen molar-refractivity contribution in [1.29, 1.82) is 0 Å². The summed E-state index contributed by atoms with van der Waals surface area (Å²) in [5.74, 6) is -0.350. The Bertz CT molecular complexity index is 542. The van der Waals surface area contributed by atoms with Crippen LogP contribution in [0.15, 0.2) is 24.3 Å². The first-order valence-corrected chi connectivity index (χ1v) is 5.84. The molecule has 1 N–H and O–H groups in total. The van der Waals surface area contributed by atoms with Crippen molar-refractivity contribution >= 4 is 16.9 Å². The lowest BCUT2D eigenvalue weighted by molar-refractivity contribution is -0.142. The highest BCUT2D eigenvalue weighted by Crippen LogP contribution is 2.31. The molecule has 0 aliphatic heterocycles. The second-order valence-corrected chi connectivity index (χ2v) is 4.19. The molecule has 1 unspecified atom stereocenters. The lowest BCUT2D eigenvalue weighted by Gasteiger charge is -2.12. The summed E-state index contributed by atoms with van der Waals surface area (Å²) >= 11 is 0. The Balaban J connectivity index is 2.60. The second kappa shape index (κ2) is 4.62. The van der Waals surface area contributed by atoms with Crippen LogP contribution in [0.25, 0.3) is 10.9 Å². The van der Waals surface area contributed by atoms with Crippen LogP contribution in [-0.4, -0.2) is 18.1 Å². The number of nitrogens with one attached hydrogen (secondary N) is 1. The predicted molar refractivity (Wildman–Crippen MR) is 68.1 cm³/mol. The van der Waals surface area contributed by atoms with Crippen molar-refractivity contribution in [2.75, 3.05) is 7.11 Å². The topological polar surface area (TPSA) is 42.1 Å². The summed E-state index contributed by atoms with van der Waals surface area (Å²) in [6.07, 6.45) is 0.745. The number of aromatic amines is 1. The smallest absolute Gasteiger partial charge is 0.313 e. The fourth-order valence-corrected chi connectivity index (χ4v) is 2.38. The monoisotopic (exact) mass is 231 g/mol. The van der Waals surface area contributed by atoms with E-state index in [0.717, 1.165) is 28.6 Å². The highest BCUT2D eigenvalue weighted by atomic mass is 16.5. The summed E-state index contributed by atoms with van der Waals surface area (Å²) in [5, 5.41) is 1.11. The standard InChI is InChI=1S/C14H17NO2/c1-4-10(14(16)17-3)13-9(2)15-12-8-6-5-7-11(12)13/h5-8,10,15H,4H2,1-3H3. The molecule has 0 bridgehead atoms. The number of carbonyl (C=O) groups is 1. The van der Waals surface area contributed by atoms with Gasteiger partial charge in [0.1, 0.15) is 0 Å². The molecule has 0 spiro atoms. The van der Waals surface area contributed by atoms with Gasteiger partial charge in [0, 0.05) is 16.6 Å². The van der Waals surface area contributed by atoms with E-state index < -0.39 is 0 Å². The third-order valence-electron chi connectivity index (χ3n) is 3.19. The van der Waals surface area contributed by atoms with Gasteiger partial charge in [-0.3, -0.25) is 4.79 Å². The average molecular weight is 231 g/mol. The molecule has 0 radical (unpaired) electrons. The number of para-hydroxylation sites is 1. The number of aromatic nitrogens is 1. The average Bonchev–Trinajstić information content (AvgIpc) is 2.67. The van der Waals surface area contributed by atoms with Gasteiger partial charge < -0.3 is 9.72 Å². The molecule has 1 heterocycles. The van der Waals surface area contributed by atoms with Gasteiger partial charge in [0.25, 0.3) is 0 Å². The number of ether oxygens (including phenoxy) is 1. The van der Waals surface area contributed by atoms with E-state index in [1.54, 1.807) is 0 Å². The van der Waals surface area contributed by atoms with Crippen LogP contribution in [0.1, 0.15) is 30.5 Å². The maximum absolute atomic E-state index is 11.8. The molecule has 0 amide bonds. The van der Waals surface area contributed by atoms with E-state index in [1.165, 1.54) is 7.11 Å². The molecule has 0 saturated heterocycles. The Morgan fingerprint density at radius 3 is 2.76 bits per heavy atom. The van der Waals surface area contributed by atoms with Crippen molar-refractivity contribution in [2.24, 2.45) is 0 Å². The molecule has 1 atom stereocenters. The summed E-state index contributed by atoms with van der Waals surface area (Å²) < 4.78 is 4.88. The number of hydrogen-bond acceptors (Lipinski definition) is 2. The minimum absolute atomic E-state index is 0.166. The first kappa shape index (κ1) is 11.7. The summed E-state index contributed by atoms with van der Waals surface area (Å²) in [4.78, 5) is 15.1. The van der Waals surface area contributed by atoms with E-state index in [2.05, 4.69) is 4.98 Å². The van der Waals surface area contributed by atoms with Crippen LogP contribution in [-0.2, 0) is 9.53 Å². The lowest BCUT2D eigenvalue weighted by Crippen LogP contribution is -2.14. The van der Waals surface area contributed by atoms with Crippen molar-refractivity contribution in [1.82, 2.24) is 4.98 Å². The summed E-state index contributed by atoms with van der Waals surface area (Å²) in [7, 11) is 1.44. The van der Waals surface area contributed by atoms with Crippen LogP contribution in [0.5, 0.6) is 0 Å². The van der Waals surface area contributed by atoms with Gasteiger partial charge in [-0.1, -0.05) is 25.1 Å². The molecular formula is C14H17NO2. The predicted octanol–water partition coefficient (Wildman–Crippen LogP) is 3.14. The van der Waals surface area contributed by atoms with Crippen molar-refractivity contribution in [2.45, 2.75) is 26.2 Å². The summed E-state index contributed by atoms with van der Waals surface area (Å²) in [6, 6.07) is 8.04. The van der Waals surface area contributed by atoms with Crippen molar-refractivity contribution < 1.29 is 9.53 Å².